The fraction of sp³-hybridized carbons (Fsp3) is 0.333. The predicted octanol–water partition coefficient (Wildman–Crippen LogP) is 1.79. The molecule has 3 N–H and O–H groups in total. The molecular formula is C12H16N4. The normalized spacial score (nSPS) is 10.6. The Hall–Kier alpha value is -1.84. The van der Waals surface area contributed by atoms with Crippen LogP contribution in [0.3, 0.4) is 0 Å². The van der Waals surface area contributed by atoms with E-state index in [9.17, 15) is 0 Å². The number of anilines is 1. The summed E-state index contributed by atoms with van der Waals surface area (Å²) in [7, 11) is 0. The van der Waals surface area contributed by atoms with Crippen molar-refractivity contribution in [1.29, 1.82) is 0 Å². The Labute approximate surface area is 94.9 Å². The zero-order valence-corrected chi connectivity index (χ0v) is 9.62. The fourth-order valence-electron chi connectivity index (χ4n) is 1.60. The molecule has 16 heavy (non-hydrogen) atoms. The van der Waals surface area contributed by atoms with Gasteiger partial charge < -0.3 is 5.73 Å². The molecule has 0 radical (unpaired) electrons. The number of nitrogens with one attached hydrogen (secondary N) is 1. The van der Waals surface area contributed by atoms with Crippen molar-refractivity contribution in [2.45, 2.75) is 26.7 Å². The van der Waals surface area contributed by atoms with Crippen molar-refractivity contribution < 1.29 is 0 Å². The summed E-state index contributed by atoms with van der Waals surface area (Å²) < 4.78 is 0. The van der Waals surface area contributed by atoms with Crippen molar-refractivity contribution in [2.24, 2.45) is 0 Å². The largest absolute Gasteiger partial charge is 0.399 e. The molecule has 4 heteroatoms. The summed E-state index contributed by atoms with van der Waals surface area (Å²) in [6.45, 7) is 3.91. The van der Waals surface area contributed by atoms with Gasteiger partial charge in [0.2, 0.25) is 0 Å². The monoisotopic (exact) mass is 216 g/mol. The first-order valence-electron chi connectivity index (χ1n) is 5.38. The molecule has 0 amide bonds. The first-order chi connectivity index (χ1) is 7.65. The number of benzene rings is 1. The van der Waals surface area contributed by atoms with E-state index in [1.807, 2.05) is 26.0 Å². The second-order valence-corrected chi connectivity index (χ2v) is 4.03. The van der Waals surface area contributed by atoms with Crippen molar-refractivity contribution in [3.63, 3.8) is 0 Å². The van der Waals surface area contributed by atoms with E-state index in [4.69, 9.17) is 5.73 Å². The number of nitrogen functional groups attached to an aromatic ring is 1. The Balaban J connectivity index is 2.02. The third-order valence-electron chi connectivity index (χ3n) is 2.62. The maximum atomic E-state index is 5.86. The average Bonchev–Trinajstić information content (AvgIpc) is 2.66. The molecule has 0 aliphatic heterocycles. The van der Waals surface area contributed by atoms with Crippen molar-refractivity contribution in [1.82, 2.24) is 15.2 Å². The van der Waals surface area contributed by atoms with E-state index in [1.165, 1.54) is 5.56 Å². The summed E-state index contributed by atoms with van der Waals surface area (Å²) in [5.41, 5.74) is 9.06. The van der Waals surface area contributed by atoms with E-state index in [1.54, 1.807) is 0 Å². The summed E-state index contributed by atoms with van der Waals surface area (Å²) in [4.78, 5) is 4.27. The third-order valence-corrected chi connectivity index (χ3v) is 2.62. The minimum atomic E-state index is 0.840. The molecule has 0 spiro atoms. The van der Waals surface area contributed by atoms with Gasteiger partial charge >= 0.3 is 0 Å². The van der Waals surface area contributed by atoms with Crippen LogP contribution in [-0.2, 0) is 12.8 Å². The molecule has 0 saturated carbocycles. The lowest BCUT2D eigenvalue weighted by Gasteiger charge is -2.03. The number of aryl methyl sites for hydroxylation is 4. The molecule has 1 aromatic carbocycles. The average molecular weight is 216 g/mol. The van der Waals surface area contributed by atoms with Crippen molar-refractivity contribution in [3.05, 3.63) is 41.0 Å². The van der Waals surface area contributed by atoms with Crippen LogP contribution in [-0.4, -0.2) is 15.2 Å². The molecule has 84 valence electrons. The minimum absolute atomic E-state index is 0.840. The summed E-state index contributed by atoms with van der Waals surface area (Å²) in [6.07, 6.45) is 1.76. The highest BCUT2D eigenvalue weighted by Gasteiger charge is 2.02. The topological polar surface area (TPSA) is 67.6 Å². The van der Waals surface area contributed by atoms with Gasteiger partial charge in [-0.25, -0.2) is 4.98 Å². The molecule has 0 unspecified atom stereocenters. The zero-order chi connectivity index (χ0) is 11.5. The van der Waals surface area contributed by atoms with Crippen molar-refractivity contribution in [3.8, 4) is 0 Å². The van der Waals surface area contributed by atoms with Crippen LogP contribution in [0.15, 0.2) is 18.2 Å². The summed E-state index contributed by atoms with van der Waals surface area (Å²) >= 11 is 0. The van der Waals surface area contributed by atoms with Crippen molar-refractivity contribution in [2.75, 3.05) is 5.73 Å². The Morgan fingerprint density at radius 1 is 1.25 bits per heavy atom. The maximum absolute atomic E-state index is 5.86. The molecular weight excluding hydrogens is 200 g/mol. The van der Waals surface area contributed by atoms with Gasteiger partial charge in [0.05, 0.1) is 0 Å². The van der Waals surface area contributed by atoms with Crippen LogP contribution in [0.2, 0.25) is 0 Å². The van der Waals surface area contributed by atoms with Crippen LogP contribution >= 0.6 is 0 Å². The van der Waals surface area contributed by atoms with E-state index >= 15 is 0 Å². The van der Waals surface area contributed by atoms with Gasteiger partial charge in [-0.2, -0.15) is 5.10 Å². The molecule has 2 aromatic rings. The number of nitrogens with two attached hydrogens (primary N) is 1. The predicted molar refractivity (Wildman–Crippen MR) is 64.1 cm³/mol. The van der Waals surface area contributed by atoms with Crippen LogP contribution in [0.4, 0.5) is 5.69 Å². The molecule has 4 nitrogen and oxygen atoms in total. The molecule has 0 aliphatic rings. The Kier molecular flexibility index (Phi) is 2.90. The lowest BCUT2D eigenvalue weighted by Crippen LogP contribution is -1.96. The lowest BCUT2D eigenvalue weighted by molar-refractivity contribution is 0.865. The molecule has 0 saturated heterocycles. The summed E-state index contributed by atoms with van der Waals surface area (Å²) in [6, 6.07) is 6.17. The van der Waals surface area contributed by atoms with Crippen LogP contribution in [0.5, 0.6) is 0 Å². The third kappa shape index (κ3) is 2.39. The Bertz CT molecular complexity index is 488. The van der Waals surface area contributed by atoms with Crippen LogP contribution in [0.25, 0.3) is 0 Å². The van der Waals surface area contributed by atoms with Gasteiger partial charge in [0.25, 0.3) is 0 Å². The summed E-state index contributed by atoms with van der Waals surface area (Å²) in [5, 5.41) is 6.94. The number of aromatic nitrogens is 3. The molecule has 0 bridgehead atoms. The van der Waals surface area contributed by atoms with Gasteiger partial charge in [-0.05, 0) is 37.5 Å². The highest BCUT2D eigenvalue weighted by atomic mass is 15.2. The smallest absolute Gasteiger partial charge is 0.151 e. The van der Waals surface area contributed by atoms with E-state index in [0.29, 0.717) is 0 Å². The highest BCUT2D eigenvalue weighted by Crippen LogP contribution is 2.14. The van der Waals surface area contributed by atoms with Crippen LogP contribution in [0, 0.1) is 13.8 Å². The van der Waals surface area contributed by atoms with Gasteiger partial charge in [-0.15, -0.1) is 0 Å². The lowest BCUT2D eigenvalue weighted by atomic mass is 10.1. The van der Waals surface area contributed by atoms with E-state index < -0.39 is 0 Å². The molecule has 0 atom stereocenters. The molecule has 2 rings (SSSR count). The van der Waals surface area contributed by atoms with E-state index in [2.05, 4.69) is 21.2 Å². The second-order valence-electron chi connectivity index (χ2n) is 4.03. The Morgan fingerprint density at radius 3 is 2.69 bits per heavy atom. The Morgan fingerprint density at radius 2 is 2.06 bits per heavy atom. The molecule has 1 aromatic heterocycles. The molecule has 0 fully saturated rings. The first-order valence-corrected chi connectivity index (χ1v) is 5.38. The van der Waals surface area contributed by atoms with Gasteiger partial charge in [-0.1, -0.05) is 12.1 Å². The fourth-order valence-corrected chi connectivity index (χ4v) is 1.60. The molecule has 0 aliphatic carbocycles. The standard InChI is InChI=1S/C12H16N4/c1-8-3-4-10(7-11(8)13)5-6-12-14-9(2)15-16-12/h3-4,7H,5-6,13H2,1-2H3,(H,14,15,16). The number of hydrogen-bond donors (Lipinski definition) is 2. The number of H-pyrrole nitrogens is 1. The van der Waals surface area contributed by atoms with Gasteiger partial charge in [0, 0.05) is 12.1 Å². The minimum Gasteiger partial charge on any atom is -0.399 e. The zero-order valence-electron chi connectivity index (χ0n) is 9.62. The molecule has 1 heterocycles. The van der Waals surface area contributed by atoms with E-state index in [-0.39, 0.29) is 0 Å². The SMILES string of the molecule is Cc1nc(CCc2ccc(C)c(N)c2)n[nH]1. The van der Waals surface area contributed by atoms with Gasteiger partial charge in [-0.3, -0.25) is 5.10 Å². The van der Waals surface area contributed by atoms with Crippen molar-refractivity contribution >= 4 is 5.69 Å². The quantitative estimate of drug-likeness (QED) is 0.768. The van der Waals surface area contributed by atoms with Gasteiger partial charge in [0.15, 0.2) is 5.82 Å². The number of nitrogens with zero attached hydrogens (tertiary/aromatic N) is 2. The summed E-state index contributed by atoms with van der Waals surface area (Å²) in [5.74, 6) is 1.72. The van der Waals surface area contributed by atoms with Gasteiger partial charge in [0.1, 0.15) is 5.82 Å². The number of hydrogen-bond acceptors (Lipinski definition) is 3. The number of aromatic amines is 1. The maximum Gasteiger partial charge on any atom is 0.151 e. The highest BCUT2D eigenvalue weighted by molar-refractivity contribution is 5.48. The van der Waals surface area contributed by atoms with E-state index in [0.717, 1.165) is 35.7 Å². The van der Waals surface area contributed by atoms with Crippen LogP contribution in [0.1, 0.15) is 22.8 Å². The number of rotatable bonds is 3. The second kappa shape index (κ2) is 4.35. The van der Waals surface area contributed by atoms with Crippen LogP contribution < -0.4 is 5.73 Å². The first kappa shape index (κ1) is 10.7.